The average molecular weight is 300 g/mol. The lowest BCUT2D eigenvalue weighted by Gasteiger charge is -2.25. The van der Waals surface area contributed by atoms with Gasteiger partial charge in [-0.3, -0.25) is 0 Å². The average Bonchev–Trinajstić information content (AvgIpc) is 2.42. The van der Waals surface area contributed by atoms with E-state index in [4.69, 9.17) is 0 Å². The van der Waals surface area contributed by atoms with Gasteiger partial charge >= 0.3 is 6.18 Å². The van der Waals surface area contributed by atoms with Crippen molar-refractivity contribution in [3.05, 3.63) is 35.4 Å². The molecule has 118 valence electrons. The third-order valence-electron chi connectivity index (χ3n) is 3.72. The van der Waals surface area contributed by atoms with Gasteiger partial charge in [-0.2, -0.15) is 18.3 Å². The minimum absolute atomic E-state index is 0.0547. The zero-order valence-corrected chi connectivity index (χ0v) is 13.2. The summed E-state index contributed by atoms with van der Waals surface area (Å²) in [5, 5.41) is 6.09. The smallest absolute Gasteiger partial charge is 0.303 e. The van der Waals surface area contributed by atoms with E-state index in [9.17, 15) is 13.2 Å². The van der Waals surface area contributed by atoms with E-state index in [2.05, 4.69) is 5.10 Å². The summed E-state index contributed by atoms with van der Waals surface area (Å²) in [7, 11) is 3.63. The van der Waals surface area contributed by atoms with Gasteiger partial charge in [-0.05, 0) is 24.0 Å². The van der Waals surface area contributed by atoms with Crippen molar-refractivity contribution in [2.45, 2.75) is 39.3 Å². The van der Waals surface area contributed by atoms with Gasteiger partial charge in [-0.25, -0.2) is 0 Å². The predicted molar refractivity (Wildman–Crippen MR) is 80.4 cm³/mol. The quantitative estimate of drug-likeness (QED) is 0.565. The molecule has 0 fully saturated rings. The second-order valence-electron chi connectivity index (χ2n) is 5.45. The van der Waals surface area contributed by atoms with E-state index in [1.165, 1.54) is 6.07 Å². The van der Waals surface area contributed by atoms with Gasteiger partial charge in [0.2, 0.25) is 0 Å². The first-order chi connectivity index (χ1) is 9.68. The largest absolute Gasteiger partial charge is 0.416 e. The summed E-state index contributed by atoms with van der Waals surface area (Å²) in [4.78, 5) is 0. The summed E-state index contributed by atoms with van der Waals surface area (Å²) in [6.07, 6.45) is -3.60. The molecular weight excluding hydrogens is 277 g/mol. The van der Waals surface area contributed by atoms with Crippen LogP contribution in [0.4, 0.5) is 13.2 Å². The summed E-state index contributed by atoms with van der Waals surface area (Å²) in [6, 6.07) is 5.79. The van der Waals surface area contributed by atoms with Crippen LogP contribution in [-0.2, 0) is 6.18 Å². The Bertz CT molecular complexity index is 493. The highest BCUT2D eigenvalue weighted by atomic mass is 19.4. The molecule has 0 N–H and O–H groups in total. The monoisotopic (exact) mass is 300 g/mol. The Labute approximate surface area is 124 Å². The molecule has 1 rings (SSSR count). The van der Waals surface area contributed by atoms with E-state index in [0.717, 1.165) is 18.2 Å². The van der Waals surface area contributed by atoms with Crippen LogP contribution in [0.15, 0.2) is 29.4 Å². The van der Waals surface area contributed by atoms with E-state index in [1.807, 2.05) is 34.9 Å². The Balaban J connectivity index is 3.17. The second kappa shape index (κ2) is 6.96. The SMILES string of the molecule is CC/C(=N/N(C)C)C(C)C(C)c1ccccc1C(F)(F)F. The molecule has 0 aromatic heterocycles. The molecule has 0 saturated carbocycles. The summed E-state index contributed by atoms with van der Waals surface area (Å²) in [6.45, 7) is 5.74. The van der Waals surface area contributed by atoms with E-state index in [0.29, 0.717) is 5.56 Å². The fourth-order valence-corrected chi connectivity index (χ4v) is 2.45. The Hall–Kier alpha value is -1.52. The fourth-order valence-electron chi connectivity index (χ4n) is 2.45. The number of halogens is 3. The van der Waals surface area contributed by atoms with Gasteiger partial charge in [0.15, 0.2) is 0 Å². The number of alkyl halides is 3. The normalized spacial score (nSPS) is 15.7. The summed E-state index contributed by atoms with van der Waals surface area (Å²) in [5.74, 6) is -0.303. The molecule has 0 aliphatic rings. The predicted octanol–water partition coefficient (Wildman–Crippen LogP) is 4.77. The molecule has 2 atom stereocenters. The number of nitrogens with zero attached hydrogens (tertiary/aromatic N) is 2. The van der Waals surface area contributed by atoms with Crippen molar-refractivity contribution in [3.63, 3.8) is 0 Å². The molecule has 1 aromatic carbocycles. The van der Waals surface area contributed by atoms with Crippen LogP contribution < -0.4 is 0 Å². The molecular formula is C16H23F3N2. The van der Waals surface area contributed by atoms with E-state index >= 15 is 0 Å². The number of hydrogen-bond acceptors (Lipinski definition) is 2. The standard InChI is InChI=1S/C16H23F3N2/c1-6-15(20-21(4)5)12(3)11(2)13-9-7-8-10-14(13)16(17,18)19/h7-12H,6H2,1-5H3/b20-15-. The van der Waals surface area contributed by atoms with Crippen molar-refractivity contribution in [1.29, 1.82) is 0 Å². The fraction of sp³-hybridized carbons (Fsp3) is 0.562. The minimum Gasteiger partial charge on any atom is -0.303 e. The number of hydrazone groups is 1. The van der Waals surface area contributed by atoms with Crippen LogP contribution in [-0.4, -0.2) is 24.8 Å². The van der Waals surface area contributed by atoms with Crippen molar-refractivity contribution in [2.75, 3.05) is 14.1 Å². The van der Waals surface area contributed by atoms with Gasteiger partial charge in [-0.1, -0.05) is 39.0 Å². The third kappa shape index (κ3) is 4.48. The van der Waals surface area contributed by atoms with Gasteiger partial charge in [-0.15, -0.1) is 0 Å². The lowest BCUT2D eigenvalue weighted by Crippen LogP contribution is -2.22. The lowest BCUT2D eigenvalue weighted by atomic mass is 9.82. The van der Waals surface area contributed by atoms with Crippen molar-refractivity contribution in [2.24, 2.45) is 11.0 Å². The zero-order valence-electron chi connectivity index (χ0n) is 13.2. The molecule has 2 unspecified atom stereocenters. The maximum Gasteiger partial charge on any atom is 0.416 e. The molecule has 21 heavy (non-hydrogen) atoms. The molecule has 0 saturated heterocycles. The van der Waals surface area contributed by atoms with E-state index in [1.54, 1.807) is 17.1 Å². The van der Waals surface area contributed by atoms with Crippen LogP contribution in [0.1, 0.15) is 44.2 Å². The summed E-state index contributed by atoms with van der Waals surface area (Å²) < 4.78 is 39.4. The van der Waals surface area contributed by atoms with Crippen LogP contribution in [0, 0.1) is 5.92 Å². The van der Waals surface area contributed by atoms with Crippen molar-refractivity contribution >= 4 is 5.71 Å². The molecule has 0 radical (unpaired) electrons. The third-order valence-corrected chi connectivity index (χ3v) is 3.72. The van der Waals surface area contributed by atoms with Crippen LogP contribution in [0.3, 0.4) is 0 Å². The first-order valence-corrected chi connectivity index (χ1v) is 7.09. The van der Waals surface area contributed by atoms with Gasteiger partial charge in [0, 0.05) is 25.7 Å². The molecule has 0 amide bonds. The topological polar surface area (TPSA) is 15.6 Å². The first kappa shape index (κ1) is 17.5. The maximum absolute atomic E-state index is 13.1. The lowest BCUT2D eigenvalue weighted by molar-refractivity contribution is -0.138. The highest BCUT2D eigenvalue weighted by Gasteiger charge is 2.35. The second-order valence-corrected chi connectivity index (χ2v) is 5.45. The Kier molecular flexibility index (Phi) is 5.81. The highest BCUT2D eigenvalue weighted by molar-refractivity contribution is 5.86. The van der Waals surface area contributed by atoms with Gasteiger partial charge in [0.05, 0.1) is 5.56 Å². The van der Waals surface area contributed by atoms with Crippen LogP contribution in [0.25, 0.3) is 0 Å². The van der Waals surface area contributed by atoms with Gasteiger partial charge < -0.3 is 5.01 Å². The molecule has 0 spiro atoms. The molecule has 0 aliphatic heterocycles. The van der Waals surface area contributed by atoms with Gasteiger partial charge in [0.25, 0.3) is 0 Å². The maximum atomic E-state index is 13.1. The first-order valence-electron chi connectivity index (χ1n) is 7.09. The Morgan fingerprint density at radius 2 is 1.76 bits per heavy atom. The zero-order chi connectivity index (χ0) is 16.2. The van der Waals surface area contributed by atoms with Crippen molar-refractivity contribution in [1.82, 2.24) is 5.01 Å². The van der Waals surface area contributed by atoms with E-state index in [-0.39, 0.29) is 11.8 Å². The van der Waals surface area contributed by atoms with Crippen LogP contribution in [0.2, 0.25) is 0 Å². The molecule has 0 bridgehead atoms. The number of benzene rings is 1. The highest BCUT2D eigenvalue weighted by Crippen LogP contribution is 2.37. The minimum atomic E-state index is -4.32. The van der Waals surface area contributed by atoms with Gasteiger partial charge in [0.1, 0.15) is 0 Å². The molecule has 0 heterocycles. The van der Waals surface area contributed by atoms with Crippen molar-refractivity contribution in [3.8, 4) is 0 Å². The summed E-state index contributed by atoms with van der Waals surface area (Å²) in [5.41, 5.74) is 0.687. The molecule has 5 heteroatoms. The Morgan fingerprint density at radius 1 is 1.19 bits per heavy atom. The van der Waals surface area contributed by atoms with Crippen LogP contribution >= 0.6 is 0 Å². The molecule has 1 aromatic rings. The number of rotatable bonds is 5. The summed E-state index contributed by atoms with van der Waals surface area (Å²) >= 11 is 0. The van der Waals surface area contributed by atoms with E-state index < -0.39 is 11.7 Å². The molecule has 2 nitrogen and oxygen atoms in total. The number of hydrogen-bond donors (Lipinski definition) is 0. The molecule has 0 aliphatic carbocycles. The van der Waals surface area contributed by atoms with Crippen LogP contribution in [0.5, 0.6) is 0 Å². The van der Waals surface area contributed by atoms with Crippen molar-refractivity contribution < 1.29 is 13.2 Å². The Morgan fingerprint density at radius 3 is 2.24 bits per heavy atom.